The second-order valence-corrected chi connectivity index (χ2v) is 9.86. The van der Waals surface area contributed by atoms with Gasteiger partial charge >= 0.3 is 17.8 Å². The molecule has 21 heavy (non-hydrogen) atoms. The van der Waals surface area contributed by atoms with Crippen molar-refractivity contribution in [1.29, 1.82) is 0 Å². The van der Waals surface area contributed by atoms with Crippen LogP contribution in [0.15, 0.2) is 0 Å². The van der Waals surface area contributed by atoms with Crippen LogP contribution >= 0.6 is 18.0 Å². The Morgan fingerprint density at radius 2 is 1.71 bits per heavy atom. The SMILES string of the molecule is CCCSP(=O)(CCC)OC1CC(F)(F)C(F)(F)C1(F)F. The highest BCUT2D eigenvalue weighted by Crippen LogP contribution is 2.66. The fraction of sp³-hybridized carbons (Fsp3) is 1.00. The zero-order valence-electron chi connectivity index (χ0n) is 11.6. The van der Waals surface area contributed by atoms with E-state index in [1.54, 1.807) is 13.8 Å². The van der Waals surface area contributed by atoms with E-state index in [2.05, 4.69) is 4.52 Å². The lowest BCUT2D eigenvalue weighted by Gasteiger charge is -2.27. The molecule has 2 nitrogen and oxygen atoms in total. The second-order valence-electron chi connectivity index (χ2n) is 4.87. The lowest BCUT2D eigenvalue weighted by Crippen LogP contribution is -2.49. The largest absolute Gasteiger partial charge is 0.374 e. The van der Waals surface area contributed by atoms with Gasteiger partial charge in [0.25, 0.3) is 6.57 Å². The van der Waals surface area contributed by atoms with Gasteiger partial charge in [-0.3, -0.25) is 4.57 Å². The van der Waals surface area contributed by atoms with Gasteiger partial charge in [0.1, 0.15) is 6.10 Å². The van der Waals surface area contributed by atoms with Crippen LogP contribution in [-0.2, 0) is 9.09 Å². The van der Waals surface area contributed by atoms with Crippen LogP contribution < -0.4 is 0 Å². The number of rotatable bonds is 7. The van der Waals surface area contributed by atoms with Gasteiger partial charge in [-0.15, -0.1) is 0 Å². The third-order valence-electron chi connectivity index (χ3n) is 3.00. The van der Waals surface area contributed by atoms with Gasteiger partial charge in [-0.1, -0.05) is 25.2 Å². The normalized spacial score (nSPS) is 29.2. The zero-order chi connectivity index (χ0) is 16.5. The summed E-state index contributed by atoms with van der Waals surface area (Å²) in [5.74, 6) is -15.1. The fourth-order valence-corrected chi connectivity index (χ4v) is 6.59. The number of hydrogen-bond donors (Lipinski definition) is 0. The molecular weight excluding hydrogens is 341 g/mol. The zero-order valence-corrected chi connectivity index (χ0v) is 13.3. The minimum Gasteiger partial charge on any atom is -0.311 e. The maximum absolute atomic E-state index is 13.5. The molecule has 0 saturated heterocycles. The molecule has 1 fully saturated rings. The molecule has 126 valence electrons. The molecule has 10 heteroatoms. The van der Waals surface area contributed by atoms with Gasteiger partial charge in [-0.05, 0) is 12.8 Å². The second kappa shape index (κ2) is 6.32. The van der Waals surface area contributed by atoms with Crippen LogP contribution in [0, 0.1) is 0 Å². The maximum Gasteiger partial charge on any atom is 0.374 e. The summed E-state index contributed by atoms with van der Waals surface area (Å²) in [5, 5.41) is 0. The van der Waals surface area contributed by atoms with Gasteiger partial charge in [0.2, 0.25) is 0 Å². The average molecular weight is 358 g/mol. The van der Waals surface area contributed by atoms with Crippen molar-refractivity contribution >= 4 is 18.0 Å². The van der Waals surface area contributed by atoms with Gasteiger partial charge in [0.15, 0.2) is 0 Å². The minimum atomic E-state index is -5.50. The van der Waals surface area contributed by atoms with Gasteiger partial charge in [-0.2, -0.15) is 26.3 Å². The fourth-order valence-electron chi connectivity index (χ4n) is 1.88. The van der Waals surface area contributed by atoms with Crippen LogP contribution in [0.3, 0.4) is 0 Å². The Bertz CT molecular complexity index is 418. The van der Waals surface area contributed by atoms with Crippen molar-refractivity contribution in [2.24, 2.45) is 0 Å². The molecule has 1 aliphatic carbocycles. The molecule has 1 saturated carbocycles. The summed E-state index contributed by atoms with van der Waals surface area (Å²) in [4.78, 5) is 0. The Morgan fingerprint density at radius 1 is 1.14 bits per heavy atom. The summed E-state index contributed by atoms with van der Waals surface area (Å²) >= 11 is 0.747. The summed E-state index contributed by atoms with van der Waals surface area (Å²) in [7, 11) is 0. The van der Waals surface area contributed by atoms with E-state index in [1.165, 1.54) is 0 Å². The first kappa shape index (κ1) is 19.2. The van der Waals surface area contributed by atoms with Crippen molar-refractivity contribution in [3.63, 3.8) is 0 Å². The third-order valence-corrected chi connectivity index (χ3v) is 8.09. The van der Waals surface area contributed by atoms with Crippen LogP contribution in [0.4, 0.5) is 26.3 Å². The molecule has 2 atom stereocenters. The van der Waals surface area contributed by atoms with E-state index in [0.717, 1.165) is 11.4 Å². The quantitative estimate of drug-likeness (QED) is 0.449. The van der Waals surface area contributed by atoms with Crippen molar-refractivity contribution in [1.82, 2.24) is 0 Å². The molecule has 1 aliphatic rings. The number of alkyl halides is 6. The van der Waals surface area contributed by atoms with Crippen molar-refractivity contribution in [2.75, 3.05) is 11.9 Å². The lowest BCUT2D eigenvalue weighted by atomic mass is 10.2. The molecular formula is C11H17F6O2PS. The van der Waals surface area contributed by atoms with Crippen molar-refractivity contribution in [2.45, 2.75) is 57.0 Å². The monoisotopic (exact) mass is 358 g/mol. The first-order valence-corrected chi connectivity index (χ1v) is 9.89. The molecule has 0 bridgehead atoms. The summed E-state index contributed by atoms with van der Waals surface area (Å²) in [6.45, 7) is -0.352. The van der Waals surface area contributed by atoms with Gasteiger partial charge < -0.3 is 4.52 Å². The predicted molar refractivity (Wildman–Crippen MR) is 69.8 cm³/mol. The highest BCUT2D eigenvalue weighted by atomic mass is 32.7. The van der Waals surface area contributed by atoms with Crippen LogP contribution in [-0.4, -0.2) is 35.8 Å². The van der Waals surface area contributed by atoms with Gasteiger partial charge in [0, 0.05) is 11.9 Å². The molecule has 2 unspecified atom stereocenters. The molecule has 0 heterocycles. The van der Waals surface area contributed by atoms with E-state index in [4.69, 9.17) is 0 Å². The number of hydrogen-bond acceptors (Lipinski definition) is 3. The van der Waals surface area contributed by atoms with Crippen LogP contribution in [0.25, 0.3) is 0 Å². The topological polar surface area (TPSA) is 26.3 Å². The third kappa shape index (κ3) is 3.55. The van der Waals surface area contributed by atoms with Crippen LogP contribution in [0.5, 0.6) is 0 Å². The summed E-state index contributed by atoms with van der Waals surface area (Å²) in [6, 6.07) is 0. The first-order valence-electron chi connectivity index (χ1n) is 6.49. The number of halogens is 6. The molecule has 0 amide bonds. The Balaban J connectivity index is 2.97. The molecule has 0 N–H and O–H groups in total. The van der Waals surface area contributed by atoms with Gasteiger partial charge in [-0.25, -0.2) is 0 Å². The smallest absolute Gasteiger partial charge is 0.311 e. The highest BCUT2D eigenvalue weighted by Gasteiger charge is 2.81. The molecule has 0 spiro atoms. The van der Waals surface area contributed by atoms with E-state index < -0.39 is 36.9 Å². The summed E-state index contributed by atoms with van der Waals surface area (Å²) < 4.78 is 96.3. The molecule has 1 rings (SSSR count). The van der Waals surface area contributed by atoms with E-state index in [9.17, 15) is 30.9 Å². The molecule has 0 radical (unpaired) electrons. The van der Waals surface area contributed by atoms with Crippen molar-refractivity contribution in [3.05, 3.63) is 0 Å². The van der Waals surface area contributed by atoms with E-state index >= 15 is 0 Å². The molecule has 0 aromatic heterocycles. The Morgan fingerprint density at radius 3 is 2.10 bits per heavy atom. The standard InChI is InChI=1S/C11H17F6O2PS/c1-3-5-20(18,21-6-4-2)19-8-7-9(12,13)11(16,17)10(8,14)15/h8H,3-7H2,1-2H3. The van der Waals surface area contributed by atoms with Gasteiger partial charge in [0.05, 0.1) is 6.42 Å². The van der Waals surface area contributed by atoms with E-state index in [0.29, 0.717) is 18.6 Å². The Labute approximate surface area is 123 Å². The lowest BCUT2D eigenvalue weighted by molar-refractivity contribution is -0.279. The van der Waals surface area contributed by atoms with Crippen LogP contribution in [0.1, 0.15) is 33.1 Å². The van der Waals surface area contributed by atoms with Crippen molar-refractivity contribution < 1.29 is 35.4 Å². The molecule has 0 aliphatic heterocycles. The minimum absolute atomic E-state index is 0.124. The van der Waals surface area contributed by atoms with E-state index in [-0.39, 0.29) is 6.16 Å². The van der Waals surface area contributed by atoms with Crippen LogP contribution in [0.2, 0.25) is 0 Å². The van der Waals surface area contributed by atoms with Crippen molar-refractivity contribution in [3.8, 4) is 0 Å². The highest BCUT2D eigenvalue weighted by molar-refractivity contribution is 8.56. The Kier molecular flexibility index (Phi) is 5.77. The maximum atomic E-state index is 13.5. The summed E-state index contributed by atoms with van der Waals surface area (Å²) in [5.41, 5.74) is 0. The molecule has 0 aromatic rings. The van der Waals surface area contributed by atoms with E-state index in [1.807, 2.05) is 0 Å². The summed E-state index contributed by atoms with van der Waals surface area (Å²) in [6.07, 6.45) is -3.84. The predicted octanol–water partition coefficient (Wildman–Crippen LogP) is 5.43. The average Bonchev–Trinajstić information content (AvgIpc) is 2.45. The molecule has 0 aromatic carbocycles. The Hall–Kier alpha value is 0.120. The first-order chi connectivity index (χ1) is 9.43.